The van der Waals surface area contributed by atoms with Crippen molar-refractivity contribution < 1.29 is 9.53 Å². The van der Waals surface area contributed by atoms with Gasteiger partial charge in [-0.1, -0.05) is 29.3 Å². The van der Waals surface area contributed by atoms with Crippen LogP contribution in [-0.4, -0.2) is 38.8 Å². The second kappa shape index (κ2) is 9.42. The summed E-state index contributed by atoms with van der Waals surface area (Å²) in [6.07, 6.45) is 0. The fraction of sp³-hybridized carbons (Fsp3) is 0.350. The molecule has 27 heavy (non-hydrogen) atoms. The van der Waals surface area contributed by atoms with Crippen LogP contribution in [0.5, 0.6) is 0 Å². The molecule has 1 aliphatic rings. The zero-order valence-corrected chi connectivity index (χ0v) is 16.7. The first kappa shape index (κ1) is 20.0. The molecule has 7 heteroatoms. The lowest BCUT2D eigenvalue weighted by Gasteiger charge is -2.28. The topological polar surface area (TPSA) is 53.6 Å². The van der Waals surface area contributed by atoms with Crippen LogP contribution in [0.3, 0.4) is 0 Å². The van der Waals surface area contributed by atoms with Gasteiger partial charge in [-0.3, -0.25) is 4.79 Å². The van der Waals surface area contributed by atoms with Crippen LogP contribution in [0.15, 0.2) is 42.5 Å². The fourth-order valence-electron chi connectivity index (χ4n) is 2.99. The number of carbonyl (C=O) groups excluding carboxylic acids is 1. The molecule has 3 rings (SSSR count). The summed E-state index contributed by atoms with van der Waals surface area (Å²) in [7, 11) is 0. The number of morpholine rings is 1. The van der Waals surface area contributed by atoms with Gasteiger partial charge in [-0.25, -0.2) is 0 Å². The average Bonchev–Trinajstić information content (AvgIpc) is 2.67. The van der Waals surface area contributed by atoms with Gasteiger partial charge in [-0.05, 0) is 48.9 Å². The second-order valence-corrected chi connectivity index (χ2v) is 7.31. The van der Waals surface area contributed by atoms with Crippen molar-refractivity contribution in [3.05, 3.63) is 58.1 Å². The summed E-state index contributed by atoms with van der Waals surface area (Å²) >= 11 is 12.1. The number of nitrogens with one attached hydrogen (secondary N) is 2. The third kappa shape index (κ3) is 5.59. The third-order valence-corrected chi connectivity index (χ3v) is 5.09. The summed E-state index contributed by atoms with van der Waals surface area (Å²) in [5.74, 6) is -0.106. The highest BCUT2D eigenvalue weighted by Gasteiger charge is 2.13. The number of halogens is 2. The Morgan fingerprint density at radius 2 is 1.85 bits per heavy atom. The summed E-state index contributed by atoms with van der Waals surface area (Å²) in [5, 5.41) is 7.26. The summed E-state index contributed by atoms with van der Waals surface area (Å²) in [4.78, 5) is 14.5. The van der Waals surface area contributed by atoms with Crippen molar-refractivity contribution in [3.63, 3.8) is 0 Å². The van der Waals surface area contributed by atoms with Crippen molar-refractivity contribution in [1.29, 1.82) is 0 Å². The monoisotopic (exact) mass is 407 g/mol. The molecule has 1 aliphatic heterocycles. The van der Waals surface area contributed by atoms with E-state index in [9.17, 15) is 4.79 Å². The summed E-state index contributed by atoms with van der Waals surface area (Å²) in [6, 6.07) is 13.2. The highest BCUT2D eigenvalue weighted by molar-refractivity contribution is 6.35. The van der Waals surface area contributed by atoms with Crippen molar-refractivity contribution in [1.82, 2.24) is 5.32 Å². The van der Waals surface area contributed by atoms with Crippen LogP contribution in [-0.2, 0) is 9.53 Å². The van der Waals surface area contributed by atoms with Crippen LogP contribution in [0, 0.1) is 0 Å². The summed E-state index contributed by atoms with van der Waals surface area (Å²) in [6.45, 7) is 5.42. The highest BCUT2D eigenvalue weighted by atomic mass is 35.5. The smallest absolute Gasteiger partial charge is 0.238 e. The molecule has 0 aromatic heterocycles. The zero-order chi connectivity index (χ0) is 19.2. The first-order valence-corrected chi connectivity index (χ1v) is 9.69. The van der Waals surface area contributed by atoms with E-state index >= 15 is 0 Å². The van der Waals surface area contributed by atoms with Gasteiger partial charge >= 0.3 is 0 Å². The van der Waals surface area contributed by atoms with E-state index < -0.39 is 0 Å². The van der Waals surface area contributed by atoms with Crippen LogP contribution in [0.4, 0.5) is 11.4 Å². The van der Waals surface area contributed by atoms with E-state index in [1.165, 1.54) is 0 Å². The maximum Gasteiger partial charge on any atom is 0.238 e. The van der Waals surface area contributed by atoms with Crippen LogP contribution in [0.25, 0.3) is 0 Å². The van der Waals surface area contributed by atoms with E-state index in [-0.39, 0.29) is 18.5 Å². The van der Waals surface area contributed by atoms with E-state index in [4.69, 9.17) is 27.9 Å². The Morgan fingerprint density at radius 3 is 2.52 bits per heavy atom. The van der Waals surface area contributed by atoms with Crippen LogP contribution >= 0.6 is 23.2 Å². The predicted octanol–water partition coefficient (Wildman–Crippen LogP) is 4.12. The van der Waals surface area contributed by atoms with Gasteiger partial charge in [0.15, 0.2) is 0 Å². The maximum absolute atomic E-state index is 12.2. The van der Waals surface area contributed by atoms with E-state index in [1.54, 1.807) is 12.1 Å². The molecule has 2 aromatic rings. The number of rotatable bonds is 6. The van der Waals surface area contributed by atoms with Crippen LogP contribution in [0.1, 0.15) is 18.5 Å². The van der Waals surface area contributed by atoms with Crippen LogP contribution in [0.2, 0.25) is 10.0 Å². The second-order valence-electron chi connectivity index (χ2n) is 6.46. The SMILES string of the molecule is C[C@H](NCC(=O)Nc1ccc(N2CCOCC2)cc1)c1ccc(Cl)cc1Cl. The summed E-state index contributed by atoms with van der Waals surface area (Å²) < 4.78 is 5.37. The van der Waals surface area contributed by atoms with Gasteiger partial charge < -0.3 is 20.3 Å². The Balaban J connectivity index is 1.50. The Kier molecular flexibility index (Phi) is 6.96. The Hall–Kier alpha value is -1.79. The lowest BCUT2D eigenvalue weighted by Crippen LogP contribution is -2.36. The fourth-order valence-corrected chi connectivity index (χ4v) is 3.56. The van der Waals surface area contributed by atoms with Gasteiger partial charge in [0, 0.05) is 40.6 Å². The normalized spacial score (nSPS) is 15.4. The molecule has 1 fully saturated rings. The lowest BCUT2D eigenvalue weighted by atomic mass is 10.1. The van der Waals surface area contributed by atoms with E-state index in [0.29, 0.717) is 10.0 Å². The molecule has 0 spiro atoms. The van der Waals surface area contributed by atoms with Crippen molar-refractivity contribution in [2.75, 3.05) is 43.1 Å². The Labute approximate surface area is 169 Å². The highest BCUT2D eigenvalue weighted by Crippen LogP contribution is 2.26. The molecule has 1 heterocycles. The van der Waals surface area contributed by atoms with Crippen molar-refractivity contribution in [3.8, 4) is 0 Å². The van der Waals surface area contributed by atoms with Crippen molar-refractivity contribution in [2.45, 2.75) is 13.0 Å². The first-order chi connectivity index (χ1) is 13.0. The minimum absolute atomic E-state index is 0.0655. The largest absolute Gasteiger partial charge is 0.378 e. The van der Waals surface area contributed by atoms with Gasteiger partial charge in [0.1, 0.15) is 0 Å². The Bertz CT molecular complexity index is 777. The minimum Gasteiger partial charge on any atom is -0.378 e. The number of benzene rings is 2. The third-order valence-electron chi connectivity index (χ3n) is 4.53. The number of anilines is 2. The first-order valence-electron chi connectivity index (χ1n) is 8.94. The van der Waals surface area contributed by atoms with Gasteiger partial charge in [-0.2, -0.15) is 0 Å². The molecule has 0 bridgehead atoms. The van der Waals surface area contributed by atoms with Crippen molar-refractivity contribution >= 4 is 40.5 Å². The van der Waals surface area contributed by atoms with Gasteiger partial charge in [0.2, 0.25) is 5.91 Å². The van der Waals surface area contributed by atoms with Crippen molar-refractivity contribution in [2.24, 2.45) is 0 Å². The number of nitrogens with zero attached hydrogens (tertiary/aromatic N) is 1. The number of carbonyl (C=O) groups is 1. The number of ether oxygens (including phenoxy) is 1. The molecule has 144 valence electrons. The molecule has 1 amide bonds. The molecular weight excluding hydrogens is 385 g/mol. The van der Waals surface area contributed by atoms with Gasteiger partial charge in [0.25, 0.3) is 0 Å². The molecule has 2 N–H and O–H groups in total. The molecule has 0 radical (unpaired) electrons. The number of amides is 1. The van der Waals surface area contributed by atoms with E-state index in [0.717, 1.165) is 43.2 Å². The number of hydrogen-bond acceptors (Lipinski definition) is 4. The molecule has 0 unspecified atom stereocenters. The molecule has 2 aromatic carbocycles. The standard InChI is InChI=1S/C20H23Cl2N3O2/c1-14(18-7-2-15(21)12-19(18)22)23-13-20(26)24-16-3-5-17(6-4-16)25-8-10-27-11-9-25/h2-7,12,14,23H,8-11,13H2,1H3,(H,24,26)/t14-/m0/s1. The molecule has 5 nitrogen and oxygen atoms in total. The van der Waals surface area contributed by atoms with Crippen LogP contribution < -0.4 is 15.5 Å². The average molecular weight is 408 g/mol. The number of hydrogen-bond donors (Lipinski definition) is 2. The summed E-state index contributed by atoms with van der Waals surface area (Å²) in [5.41, 5.74) is 2.82. The van der Waals surface area contributed by atoms with Gasteiger partial charge in [0.05, 0.1) is 19.8 Å². The molecule has 0 aliphatic carbocycles. The van der Waals surface area contributed by atoms with E-state index in [1.807, 2.05) is 37.3 Å². The quantitative estimate of drug-likeness (QED) is 0.755. The maximum atomic E-state index is 12.2. The molecule has 1 saturated heterocycles. The molecular formula is C20H23Cl2N3O2. The molecule has 0 saturated carbocycles. The molecule has 1 atom stereocenters. The zero-order valence-electron chi connectivity index (χ0n) is 15.2. The van der Waals surface area contributed by atoms with Gasteiger partial charge in [-0.15, -0.1) is 0 Å². The predicted molar refractivity (Wildman–Crippen MR) is 111 cm³/mol. The minimum atomic E-state index is -0.106. The lowest BCUT2D eigenvalue weighted by molar-refractivity contribution is -0.115. The van der Waals surface area contributed by atoms with E-state index in [2.05, 4.69) is 15.5 Å². The Morgan fingerprint density at radius 1 is 1.15 bits per heavy atom.